The molecule has 1 fully saturated rings. The summed E-state index contributed by atoms with van der Waals surface area (Å²) in [6, 6.07) is 0.895. The zero-order valence-corrected chi connectivity index (χ0v) is 15.1. The van der Waals surface area contributed by atoms with Crippen LogP contribution in [0.3, 0.4) is 0 Å². The highest BCUT2D eigenvalue weighted by Gasteiger charge is 2.47. The van der Waals surface area contributed by atoms with Gasteiger partial charge in [0.15, 0.2) is 0 Å². The van der Waals surface area contributed by atoms with Crippen LogP contribution in [0.4, 0.5) is 13.2 Å². The summed E-state index contributed by atoms with van der Waals surface area (Å²) >= 11 is 8.83. The molecule has 1 aliphatic rings. The average Bonchev–Trinajstić information content (AvgIpc) is 2.39. The molecule has 0 spiro atoms. The minimum Gasteiger partial charge on any atom is -0.506 e. The van der Waals surface area contributed by atoms with Crippen LogP contribution in [0.25, 0.3) is 0 Å². The van der Waals surface area contributed by atoms with Crippen LogP contribution in [-0.4, -0.2) is 42.4 Å². The fraction of sp³-hybridized carbons (Fsp3) is 0.500. The quantitative estimate of drug-likeness (QED) is 0.716. The Morgan fingerprint density at radius 1 is 1.23 bits per heavy atom. The molecule has 22 heavy (non-hydrogen) atoms. The van der Waals surface area contributed by atoms with E-state index in [1.807, 2.05) is 0 Å². The number of hydrogen-bond acceptors (Lipinski definition) is 3. The highest BCUT2D eigenvalue weighted by Crippen LogP contribution is 2.46. The second-order valence-electron chi connectivity index (χ2n) is 4.52. The molecular formula is C12H15BrCl3F3N2O. The zero-order chi connectivity index (χ0) is 14.9. The lowest BCUT2D eigenvalue weighted by Gasteiger charge is -2.36. The van der Waals surface area contributed by atoms with E-state index in [0.717, 1.165) is 0 Å². The molecule has 128 valence electrons. The van der Waals surface area contributed by atoms with Crippen molar-refractivity contribution in [3.05, 3.63) is 27.2 Å². The first-order valence-electron chi connectivity index (χ1n) is 6.00. The van der Waals surface area contributed by atoms with Gasteiger partial charge in [-0.15, -0.1) is 24.8 Å². The average molecular weight is 447 g/mol. The number of benzene rings is 1. The first-order chi connectivity index (χ1) is 9.32. The lowest BCUT2D eigenvalue weighted by Crippen LogP contribution is -2.49. The third kappa shape index (κ3) is 4.79. The molecule has 10 heteroatoms. The van der Waals surface area contributed by atoms with Gasteiger partial charge in [-0.1, -0.05) is 27.5 Å². The van der Waals surface area contributed by atoms with E-state index in [1.54, 1.807) is 0 Å². The monoisotopic (exact) mass is 444 g/mol. The summed E-state index contributed by atoms with van der Waals surface area (Å²) in [6.45, 7) is 1.46. The van der Waals surface area contributed by atoms with Crippen molar-refractivity contribution in [3.63, 3.8) is 0 Å². The van der Waals surface area contributed by atoms with Crippen LogP contribution in [0.2, 0.25) is 5.02 Å². The number of nitrogens with zero attached hydrogens (tertiary/aromatic N) is 1. The molecule has 0 aromatic heterocycles. The molecule has 0 bridgehead atoms. The zero-order valence-electron chi connectivity index (χ0n) is 11.2. The molecule has 0 radical (unpaired) electrons. The lowest BCUT2D eigenvalue weighted by atomic mass is 10.0. The molecule has 1 atom stereocenters. The van der Waals surface area contributed by atoms with Crippen LogP contribution in [0.15, 0.2) is 16.6 Å². The van der Waals surface area contributed by atoms with Gasteiger partial charge in [0, 0.05) is 36.2 Å². The van der Waals surface area contributed by atoms with E-state index in [-0.39, 0.29) is 53.0 Å². The van der Waals surface area contributed by atoms with E-state index in [1.165, 1.54) is 17.0 Å². The van der Waals surface area contributed by atoms with Crippen LogP contribution >= 0.6 is 52.3 Å². The van der Waals surface area contributed by atoms with Gasteiger partial charge in [0.1, 0.15) is 11.8 Å². The Balaban J connectivity index is 0.00000220. The predicted octanol–water partition coefficient (Wildman–Crippen LogP) is 4.16. The molecule has 1 aliphatic heterocycles. The predicted molar refractivity (Wildman–Crippen MR) is 88.6 cm³/mol. The molecule has 1 aromatic rings. The Morgan fingerprint density at radius 2 is 1.77 bits per heavy atom. The van der Waals surface area contributed by atoms with Crippen LogP contribution in [0.5, 0.6) is 5.75 Å². The van der Waals surface area contributed by atoms with Crippen molar-refractivity contribution >= 4 is 52.3 Å². The van der Waals surface area contributed by atoms with Gasteiger partial charge in [-0.3, -0.25) is 4.90 Å². The van der Waals surface area contributed by atoms with Gasteiger partial charge in [-0.2, -0.15) is 13.2 Å². The summed E-state index contributed by atoms with van der Waals surface area (Å²) in [5.74, 6) is -0.526. The van der Waals surface area contributed by atoms with Crippen molar-refractivity contribution in [1.82, 2.24) is 10.2 Å². The smallest absolute Gasteiger partial charge is 0.408 e. The number of piperazine rings is 1. The Morgan fingerprint density at radius 3 is 2.27 bits per heavy atom. The van der Waals surface area contributed by atoms with Crippen molar-refractivity contribution in [1.29, 1.82) is 0 Å². The van der Waals surface area contributed by atoms with E-state index in [9.17, 15) is 18.3 Å². The van der Waals surface area contributed by atoms with Crippen LogP contribution in [0.1, 0.15) is 11.6 Å². The van der Waals surface area contributed by atoms with Crippen LogP contribution in [-0.2, 0) is 0 Å². The van der Waals surface area contributed by atoms with Crippen molar-refractivity contribution in [2.75, 3.05) is 26.2 Å². The van der Waals surface area contributed by atoms with Gasteiger partial charge in [-0.05, 0) is 12.1 Å². The maximum absolute atomic E-state index is 13.4. The van der Waals surface area contributed by atoms with Crippen molar-refractivity contribution < 1.29 is 18.3 Å². The Kier molecular flexibility index (Phi) is 8.83. The van der Waals surface area contributed by atoms with Gasteiger partial charge >= 0.3 is 6.18 Å². The normalized spacial score (nSPS) is 17.3. The summed E-state index contributed by atoms with van der Waals surface area (Å²) in [7, 11) is 0. The number of phenols is 1. The molecule has 3 nitrogen and oxygen atoms in total. The molecular weight excluding hydrogens is 431 g/mol. The Hall–Kier alpha value is 0.0800. The third-order valence-corrected chi connectivity index (χ3v) is 4.21. The minimum atomic E-state index is -4.50. The third-order valence-electron chi connectivity index (χ3n) is 3.21. The van der Waals surface area contributed by atoms with Gasteiger partial charge in [0.05, 0.1) is 5.02 Å². The summed E-state index contributed by atoms with van der Waals surface area (Å²) < 4.78 is 40.5. The fourth-order valence-electron chi connectivity index (χ4n) is 2.31. The Labute approximate surface area is 152 Å². The van der Waals surface area contributed by atoms with Gasteiger partial charge in [-0.25, -0.2) is 0 Å². The fourth-order valence-corrected chi connectivity index (χ4v) is 3.01. The highest BCUT2D eigenvalue weighted by atomic mass is 79.9. The Bertz CT molecular complexity index is 499. The van der Waals surface area contributed by atoms with E-state index in [2.05, 4.69) is 21.2 Å². The standard InChI is InChI=1S/C12H13BrClF3N2O.2ClH/c13-7-1-2-8(14)10(20)9(7)11(12(15,16)17)19-5-3-18-4-6-19;;/h1-2,11,18,20H,3-6H2;2*1H/t11-;;/m1../s1. The summed E-state index contributed by atoms with van der Waals surface area (Å²) in [5, 5.41) is 12.9. The van der Waals surface area contributed by atoms with E-state index in [4.69, 9.17) is 11.6 Å². The molecule has 0 amide bonds. The van der Waals surface area contributed by atoms with Gasteiger partial charge in [0.25, 0.3) is 0 Å². The maximum Gasteiger partial charge on any atom is 0.408 e. The number of hydrogen-bond donors (Lipinski definition) is 2. The number of halogens is 7. The molecule has 2 rings (SSSR count). The highest BCUT2D eigenvalue weighted by molar-refractivity contribution is 9.10. The SMILES string of the molecule is Cl.Cl.Oc1c(Cl)ccc(Br)c1[C@@H](N1CCNCC1)C(F)(F)F. The number of nitrogens with one attached hydrogen (secondary N) is 1. The van der Waals surface area contributed by atoms with E-state index in [0.29, 0.717) is 13.1 Å². The summed E-state index contributed by atoms with van der Waals surface area (Å²) in [4.78, 5) is 1.30. The van der Waals surface area contributed by atoms with Gasteiger partial charge < -0.3 is 10.4 Å². The van der Waals surface area contributed by atoms with Crippen molar-refractivity contribution in [2.24, 2.45) is 0 Å². The number of rotatable bonds is 2. The molecule has 2 N–H and O–H groups in total. The molecule has 1 heterocycles. The molecule has 0 unspecified atom stereocenters. The van der Waals surface area contributed by atoms with Crippen LogP contribution in [0, 0.1) is 0 Å². The number of phenolic OH excluding ortho intramolecular Hbond substituents is 1. The lowest BCUT2D eigenvalue weighted by molar-refractivity contribution is -0.188. The summed E-state index contributed by atoms with van der Waals surface area (Å²) in [5.41, 5.74) is -0.230. The second kappa shape index (κ2) is 8.80. The number of alkyl halides is 3. The molecule has 1 aromatic carbocycles. The van der Waals surface area contributed by atoms with Crippen molar-refractivity contribution in [3.8, 4) is 5.75 Å². The topological polar surface area (TPSA) is 35.5 Å². The maximum atomic E-state index is 13.4. The molecule has 1 saturated heterocycles. The minimum absolute atomic E-state index is 0. The first-order valence-corrected chi connectivity index (χ1v) is 7.18. The van der Waals surface area contributed by atoms with Crippen LogP contribution < -0.4 is 5.32 Å². The molecule has 0 saturated carbocycles. The number of aromatic hydroxyl groups is 1. The molecule has 0 aliphatic carbocycles. The summed E-state index contributed by atoms with van der Waals surface area (Å²) in [6.07, 6.45) is -4.50. The van der Waals surface area contributed by atoms with E-state index < -0.39 is 18.0 Å². The van der Waals surface area contributed by atoms with Gasteiger partial charge in [0.2, 0.25) is 0 Å². The van der Waals surface area contributed by atoms with E-state index >= 15 is 0 Å². The second-order valence-corrected chi connectivity index (χ2v) is 5.78. The first kappa shape index (κ1) is 22.1. The largest absolute Gasteiger partial charge is 0.506 e. The van der Waals surface area contributed by atoms with Crippen molar-refractivity contribution in [2.45, 2.75) is 12.2 Å².